The molecule has 0 spiro atoms. The third-order valence-corrected chi connectivity index (χ3v) is 2.40. The standard InChI is InChI=1S/C9H14N2O.C2H6/c1-8-2-5-10-11(8)9-3-6-12-7-4-9;1-2/h2,5,9H,3-4,6-7H2,1H3;1-2H3. The van der Waals surface area contributed by atoms with E-state index in [-0.39, 0.29) is 0 Å². The lowest BCUT2D eigenvalue weighted by Gasteiger charge is -2.23. The fourth-order valence-electron chi connectivity index (χ4n) is 1.69. The molecule has 0 N–H and O–H groups in total. The first-order valence-electron chi connectivity index (χ1n) is 5.46. The van der Waals surface area contributed by atoms with E-state index in [9.17, 15) is 0 Å². The van der Waals surface area contributed by atoms with Gasteiger partial charge in [-0.2, -0.15) is 5.10 Å². The average Bonchev–Trinajstić information content (AvgIpc) is 2.69. The fourth-order valence-corrected chi connectivity index (χ4v) is 1.69. The molecule has 0 aliphatic carbocycles. The molecule has 0 bridgehead atoms. The van der Waals surface area contributed by atoms with Crippen LogP contribution in [0.25, 0.3) is 0 Å². The van der Waals surface area contributed by atoms with Gasteiger partial charge >= 0.3 is 0 Å². The van der Waals surface area contributed by atoms with E-state index in [0.717, 1.165) is 26.1 Å². The minimum absolute atomic E-state index is 0.564. The smallest absolute Gasteiger partial charge is 0.0566 e. The van der Waals surface area contributed by atoms with Crippen LogP contribution in [0.3, 0.4) is 0 Å². The maximum atomic E-state index is 5.30. The molecule has 1 aliphatic heterocycles. The molecule has 0 amide bonds. The van der Waals surface area contributed by atoms with Crippen molar-refractivity contribution in [3.05, 3.63) is 18.0 Å². The summed E-state index contributed by atoms with van der Waals surface area (Å²) in [4.78, 5) is 0. The molecule has 0 atom stereocenters. The Labute approximate surface area is 86.1 Å². The van der Waals surface area contributed by atoms with Gasteiger partial charge in [-0.15, -0.1) is 0 Å². The van der Waals surface area contributed by atoms with Crippen LogP contribution in [0.2, 0.25) is 0 Å². The SMILES string of the molecule is CC.Cc1ccnn1C1CCOCC1. The summed E-state index contributed by atoms with van der Waals surface area (Å²) >= 11 is 0. The molecule has 80 valence electrons. The van der Waals surface area contributed by atoms with Gasteiger partial charge in [-0.1, -0.05) is 13.8 Å². The second-order valence-corrected chi connectivity index (χ2v) is 3.26. The van der Waals surface area contributed by atoms with Crippen molar-refractivity contribution in [1.29, 1.82) is 0 Å². The van der Waals surface area contributed by atoms with E-state index < -0.39 is 0 Å². The highest BCUT2D eigenvalue weighted by Gasteiger charge is 2.16. The van der Waals surface area contributed by atoms with E-state index >= 15 is 0 Å². The monoisotopic (exact) mass is 196 g/mol. The Morgan fingerprint density at radius 2 is 2.00 bits per heavy atom. The van der Waals surface area contributed by atoms with Crippen molar-refractivity contribution >= 4 is 0 Å². The van der Waals surface area contributed by atoms with Gasteiger partial charge in [0, 0.05) is 25.1 Å². The Kier molecular flexibility index (Phi) is 4.66. The normalized spacial score (nSPS) is 17.4. The highest BCUT2D eigenvalue weighted by atomic mass is 16.5. The summed E-state index contributed by atoms with van der Waals surface area (Å²) in [5, 5.41) is 4.30. The minimum atomic E-state index is 0.564. The lowest BCUT2D eigenvalue weighted by molar-refractivity contribution is 0.0657. The van der Waals surface area contributed by atoms with Gasteiger partial charge in [0.15, 0.2) is 0 Å². The third kappa shape index (κ3) is 2.58. The van der Waals surface area contributed by atoms with Gasteiger partial charge < -0.3 is 4.74 Å². The summed E-state index contributed by atoms with van der Waals surface area (Å²) < 4.78 is 7.41. The van der Waals surface area contributed by atoms with Crippen LogP contribution in [-0.4, -0.2) is 23.0 Å². The van der Waals surface area contributed by atoms with Crippen molar-refractivity contribution in [1.82, 2.24) is 9.78 Å². The summed E-state index contributed by atoms with van der Waals surface area (Å²) in [5.41, 5.74) is 1.25. The summed E-state index contributed by atoms with van der Waals surface area (Å²) in [5.74, 6) is 0. The van der Waals surface area contributed by atoms with Crippen molar-refractivity contribution in [2.45, 2.75) is 39.7 Å². The largest absolute Gasteiger partial charge is 0.381 e. The highest BCUT2D eigenvalue weighted by molar-refractivity contribution is 4.98. The molecule has 2 heterocycles. The number of nitrogens with zero attached hydrogens (tertiary/aromatic N) is 2. The second-order valence-electron chi connectivity index (χ2n) is 3.26. The Hall–Kier alpha value is -0.830. The number of hydrogen-bond acceptors (Lipinski definition) is 2. The molecule has 14 heavy (non-hydrogen) atoms. The van der Waals surface area contributed by atoms with E-state index in [1.165, 1.54) is 5.69 Å². The van der Waals surface area contributed by atoms with Gasteiger partial charge in [-0.3, -0.25) is 4.68 Å². The zero-order valence-corrected chi connectivity index (χ0v) is 9.36. The fraction of sp³-hybridized carbons (Fsp3) is 0.727. The van der Waals surface area contributed by atoms with Gasteiger partial charge in [0.2, 0.25) is 0 Å². The molecule has 1 saturated heterocycles. The summed E-state index contributed by atoms with van der Waals surface area (Å²) in [7, 11) is 0. The molecule has 1 aromatic heterocycles. The molecule has 0 unspecified atom stereocenters. The van der Waals surface area contributed by atoms with Gasteiger partial charge in [-0.25, -0.2) is 0 Å². The molecule has 2 rings (SSSR count). The van der Waals surface area contributed by atoms with Crippen LogP contribution >= 0.6 is 0 Å². The van der Waals surface area contributed by atoms with E-state index in [1.807, 2.05) is 20.0 Å². The van der Waals surface area contributed by atoms with Gasteiger partial charge in [0.25, 0.3) is 0 Å². The molecule has 3 heteroatoms. The zero-order chi connectivity index (χ0) is 10.4. The van der Waals surface area contributed by atoms with Gasteiger partial charge in [0.05, 0.1) is 6.04 Å². The number of aromatic nitrogens is 2. The van der Waals surface area contributed by atoms with E-state index in [1.54, 1.807) is 0 Å². The topological polar surface area (TPSA) is 27.1 Å². The number of hydrogen-bond donors (Lipinski definition) is 0. The molecular formula is C11H20N2O. The molecule has 0 radical (unpaired) electrons. The van der Waals surface area contributed by atoms with E-state index in [2.05, 4.69) is 22.8 Å². The predicted octanol–water partition coefficient (Wildman–Crippen LogP) is 2.57. The Balaban J connectivity index is 0.000000461. The molecule has 3 nitrogen and oxygen atoms in total. The summed E-state index contributed by atoms with van der Waals surface area (Å²) in [6, 6.07) is 2.61. The zero-order valence-electron chi connectivity index (χ0n) is 9.36. The van der Waals surface area contributed by atoms with Crippen LogP contribution in [0.5, 0.6) is 0 Å². The number of aryl methyl sites for hydroxylation is 1. The predicted molar refractivity (Wildman–Crippen MR) is 57.4 cm³/mol. The van der Waals surface area contributed by atoms with Crippen LogP contribution < -0.4 is 0 Å². The van der Waals surface area contributed by atoms with Crippen molar-refractivity contribution in [2.24, 2.45) is 0 Å². The van der Waals surface area contributed by atoms with Crippen LogP contribution in [0.15, 0.2) is 12.3 Å². The maximum absolute atomic E-state index is 5.30. The molecule has 1 fully saturated rings. The van der Waals surface area contributed by atoms with Crippen molar-refractivity contribution < 1.29 is 4.74 Å². The minimum Gasteiger partial charge on any atom is -0.381 e. The van der Waals surface area contributed by atoms with Crippen LogP contribution in [0, 0.1) is 6.92 Å². The van der Waals surface area contributed by atoms with Crippen molar-refractivity contribution in [3.8, 4) is 0 Å². The van der Waals surface area contributed by atoms with Gasteiger partial charge in [0.1, 0.15) is 0 Å². The first kappa shape index (κ1) is 11.2. The Bertz CT molecular complexity index is 252. The molecule has 0 aromatic carbocycles. The van der Waals surface area contributed by atoms with E-state index in [0.29, 0.717) is 6.04 Å². The number of ether oxygens (including phenoxy) is 1. The van der Waals surface area contributed by atoms with Gasteiger partial charge in [-0.05, 0) is 25.8 Å². The Morgan fingerprint density at radius 1 is 1.36 bits per heavy atom. The van der Waals surface area contributed by atoms with E-state index in [4.69, 9.17) is 4.74 Å². The van der Waals surface area contributed by atoms with Crippen LogP contribution in [0.1, 0.15) is 38.4 Å². The first-order valence-corrected chi connectivity index (χ1v) is 5.46. The van der Waals surface area contributed by atoms with Crippen LogP contribution in [0.4, 0.5) is 0 Å². The van der Waals surface area contributed by atoms with Crippen molar-refractivity contribution in [3.63, 3.8) is 0 Å². The van der Waals surface area contributed by atoms with Crippen molar-refractivity contribution in [2.75, 3.05) is 13.2 Å². The lowest BCUT2D eigenvalue weighted by Crippen LogP contribution is -2.21. The second kappa shape index (κ2) is 5.81. The number of rotatable bonds is 1. The first-order chi connectivity index (χ1) is 6.88. The molecule has 1 aliphatic rings. The maximum Gasteiger partial charge on any atom is 0.0566 e. The molecule has 1 aromatic rings. The third-order valence-electron chi connectivity index (χ3n) is 2.40. The average molecular weight is 196 g/mol. The highest BCUT2D eigenvalue weighted by Crippen LogP contribution is 2.20. The molecule has 0 saturated carbocycles. The summed E-state index contributed by atoms with van der Waals surface area (Å²) in [6.07, 6.45) is 4.07. The van der Waals surface area contributed by atoms with Crippen LogP contribution in [-0.2, 0) is 4.74 Å². The Morgan fingerprint density at radius 3 is 2.50 bits per heavy atom. The molecular weight excluding hydrogens is 176 g/mol. The lowest BCUT2D eigenvalue weighted by atomic mass is 10.1. The summed E-state index contributed by atoms with van der Waals surface area (Å²) in [6.45, 7) is 7.86. The quantitative estimate of drug-likeness (QED) is 0.690.